The number of ether oxygens (including phenoxy) is 2. The first kappa shape index (κ1) is 25.3. The molecule has 0 bridgehead atoms. The monoisotopic (exact) mass is 506 g/mol. The summed E-state index contributed by atoms with van der Waals surface area (Å²) in [4.78, 5) is 31.0. The first-order chi connectivity index (χ1) is 17.2. The number of aliphatic carboxylic acids is 1. The molecule has 3 aromatic rings. The number of rotatable bonds is 5. The number of hydrogen-bond acceptors (Lipinski definition) is 6. The van der Waals surface area contributed by atoms with E-state index in [1.807, 2.05) is 52.0 Å². The number of nitrogens with zero attached hydrogens (tertiary/aromatic N) is 4. The predicted octanol–water partition coefficient (Wildman–Crippen LogP) is 3.01. The number of pyridine rings is 1. The number of carbonyl (C=O) groups excluding carboxylic acids is 1. The number of aromatic nitrogens is 2. The molecule has 0 spiro atoms. The van der Waals surface area contributed by atoms with Gasteiger partial charge in [-0.05, 0) is 24.3 Å². The number of halogens is 3. The normalized spacial score (nSPS) is 15.5. The minimum Gasteiger partial charge on any atom is -0.496 e. The summed E-state index contributed by atoms with van der Waals surface area (Å²) in [6.45, 7) is 4.17. The van der Waals surface area contributed by atoms with Gasteiger partial charge in [-0.2, -0.15) is 13.2 Å². The van der Waals surface area contributed by atoms with Crippen LogP contribution >= 0.6 is 0 Å². The van der Waals surface area contributed by atoms with Crippen molar-refractivity contribution in [3.05, 3.63) is 59.5 Å². The number of anilines is 1. The fourth-order valence-electron chi connectivity index (χ4n) is 4.23. The fourth-order valence-corrected chi connectivity index (χ4v) is 4.23. The van der Waals surface area contributed by atoms with Gasteiger partial charge in [0, 0.05) is 44.0 Å². The summed E-state index contributed by atoms with van der Waals surface area (Å²) in [5.74, 6) is -1.91. The summed E-state index contributed by atoms with van der Waals surface area (Å²) in [7, 11) is 1.66. The number of carboxylic acid groups (broad SMARTS) is 1. The van der Waals surface area contributed by atoms with Gasteiger partial charge in [0.1, 0.15) is 11.4 Å². The maximum absolute atomic E-state index is 13.3. The number of amides is 1. The zero-order chi connectivity index (χ0) is 25.9. The average molecular weight is 506 g/mol. The summed E-state index contributed by atoms with van der Waals surface area (Å²) < 4.78 is 44.8. The predicted molar refractivity (Wildman–Crippen MR) is 123 cm³/mol. The molecule has 9 nitrogen and oxygen atoms in total. The van der Waals surface area contributed by atoms with Crippen LogP contribution in [0.3, 0.4) is 0 Å². The Morgan fingerprint density at radius 2 is 1.92 bits per heavy atom. The van der Waals surface area contributed by atoms with Crippen molar-refractivity contribution in [3.63, 3.8) is 0 Å². The van der Waals surface area contributed by atoms with E-state index in [-0.39, 0.29) is 5.91 Å². The topological polar surface area (TPSA) is 96.6 Å². The highest BCUT2D eigenvalue weighted by molar-refractivity contribution is 6.04. The Balaban J connectivity index is 0.000000384. The van der Waals surface area contributed by atoms with E-state index in [4.69, 9.17) is 19.4 Å². The standard InChI is InChI=1S/C22H24N4O3.C2HF3O2/c1-28-19-6-5-18(24-10-12-29-13-11-24)21-17(19)15-26(22(21)27)9-7-16-14-25-8-3-2-4-20(25)23-16;3-2(4,5)1(6)7/h2-6,8,14H,7,9-13,15H2,1H3;(H,6,7). The molecular weight excluding hydrogens is 481 g/mol. The molecule has 2 aliphatic rings. The maximum Gasteiger partial charge on any atom is 0.490 e. The average Bonchev–Trinajstić information content (AvgIpc) is 3.43. The van der Waals surface area contributed by atoms with E-state index in [1.165, 1.54) is 0 Å². The van der Waals surface area contributed by atoms with Crippen LogP contribution in [0.25, 0.3) is 5.65 Å². The van der Waals surface area contributed by atoms with E-state index < -0.39 is 12.1 Å². The maximum atomic E-state index is 13.3. The Kier molecular flexibility index (Phi) is 7.34. The van der Waals surface area contributed by atoms with Gasteiger partial charge >= 0.3 is 12.1 Å². The number of carbonyl (C=O) groups is 2. The van der Waals surface area contributed by atoms with Crippen LogP contribution < -0.4 is 9.64 Å². The van der Waals surface area contributed by atoms with Crippen molar-refractivity contribution in [1.82, 2.24) is 14.3 Å². The second-order valence-electron chi connectivity index (χ2n) is 8.22. The first-order valence-corrected chi connectivity index (χ1v) is 11.2. The van der Waals surface area contributed by atoms with Crippen molar-refractivity contribution in [2.45, 2.75) is 19.1 Å². The lowest BCUT2D eigenvalue weighted by Crippen LogP contribution is -2.37. The van der Waals surface area contributed by atoms with Crippen LogP contribution in [0.4, 0.5) is 18.9 Å². The highest BCUT2D eigenvalue weighted by Crippen LogP contribution is 2.38. The van der Waals surface area contributed by atoms with Gasteiger partial charge in [-0.15, -0.1) is 0 Å². The molecule has 1 fully saturated rings. The molecule has 192 valence electrons. The van der Waals surface area contributed by atoms with Gasteiger partial charge in [-0.3, -0.25) is 4.79 Å². The van der Waals surface area contributed by atoms with E-state index in [2.05, 4.69) is 9.88 Å². The summed E-state index contributed by atoms with van der Waals surface area (Å²) >= 11 is 0. The highest BCUT2D eigenvalue weighted by atomic mass is 19.4. The van der Waals surface area contributed by atoms with Crippen LogP contribution in [0.2, 0.25) is 0 Å². The van der Waals surface area contributed by atoms with Gasteiger partial charge in [0.15, 0.2) is 0 Å². The number of benzene rings is 1. The zero-order valence-electron chi connectivity index (χ0n) is 19.5. The molecule has 36 heavy (non-hydrogen) atoms. The number of alkyl halides is 3. The third kappa shape index (κ3) is 5.38. The number of imidazole rings is 1. The molecule has 1 aromatic carbocycles. The van der Waals surface area contributed by atoms with Crippen LogP contribution in [-0.4, -0.2) is 77.4 Å². The molecule has 0 saturated carbocycles. The molecule has 0 atom stereocenters. The van der Waals surface area contributed by atoms with Crippen molar-refractivity contribution in [2.24, 2.45) is 0 Å². The first-order valence-electron chi connectivity index (χ1n) is 11.2. The number of carboxylic acids is 1. The van der Waals surface area contributed by atoms with E-state index in [9.17, 15) is 18.0 Å². The minimum absolute atomic E-state index is 0.0733. The van der Waals surface area contributed by atoms with Gasteiger partial charge in [0.2, 0.25) is 0 Å². The van der Waals surface area contributed by atoms with Crippen LogP contribution in [-0.2, 0) is 22.5 Å². The van der Waals surface area contributed by atoms with Gasteiger partial charge in [0.05, 0.1) is 43.8 Å². The second-order valence-corrected chi connectivity index (χ2v) is 8.22. The molecule has 1 saturated heterocycles. The number of fused-ring (bicyclic) bond motifs is 2. The Hall–Kier alpha value is -3.80. The van der Waals surface area contributed by atoms with Gasteiger partial charge in [-0.1, -0.05) is 6.07 Å². The number of methoxy groups -OCH3 is 1. The molecule has 4 heterocycles. The van der Waals surface area contributed by atoms with E-state index in [0.29, 0.717) is 26.3 Å². The van der Waals surface area contributed by atoms with E-state index >= 15 is 0 Å². The lowest BCUT2D eigenvalue weighted by molar-refractivity contribution is -0.192. The van der Waals surface area contributed by atoms with Crippen LogP contribution in [0.5, 0.6) is 5.75 Å². The van der Waals surface area contributed by atoms with Crippen molar-refractivity contribution in [3.8, 4) is 5.75 Å². The summed E-state index contributed by atoms with van der Waals surface area (Å²) in [6.07, 6.45) is -0.346. The minimum atomic E-state index is -5.08. The fraction of sp³-hybridized carbons (Fsp3) is 0.375. The molecule has 2 aromatic heterocycles. The Morgan fingerprint density at radius 1 is 1.19 bits per heavy atom. The smallest absolute Gasteiger partial charge is 0.490 e. The van der Waals surface area contributed by atoms with E-state index in [0.717, 1.165) is 53.4 Å². The molecule has 0 unspecified atom stereocenters. The molecule has 0 aliphatic carbocycles. The number of hydrogen-bond donors (Lipinski definition) is 1. The van der Waals surface area contributed by atoms with E-state index in [1.54, 1.807) is 7.11 Å². The Bertz CT molecular complexity index is 1220. The Labute approximate surface area is 204 Å². The van der Waals surface area contributed by atoms with Crippen LogP contribution in [0, 0.1) is 0 Å². The summed E-state index contributed by atoms with van der Waals surface area (Å²) in [5.41, 5.74) is 4.66. The third-order valence-electron chi connectivity index (χ3n) is 5.96. The van der Waals surface area contributed by atoms with Crippen molar-refractivity contribution >= 4 is 23.2 Å². The van der Waals surface area contributed by atoms with Crippen LogP contribution in [0.15, 0.2) is 42.7 Å². The van der Waals surface area contributed by atoms with Crippen molar-refractivity contribution in [1.29, 1.82) is 0 Å². The lowest BCUT2D eigenvalue weighted by Gasteiger charge is -2.30. The van der Waals surface area contributed by atoms with Crippen molar-refractivity contribution in [2.75, 3.05) is 44.9 Å². The molecule has 2 aliphatic heterocycles. The third-order valence-corrected chi connectivity index (χ3v) is 5.96. The van der Waals surface area contributed by atoms with Gasteiger partial charge < -0.3 is 28.8 Å². The Morgan fingerprint density at radius 3 is 2.56 bits per heavy atom. The second kappa shape index (κ2) is 10.4. The quantitative estimate of drug-likeness (QED) is 0.568. The molecule has 1 N–H and O–H groups in total. The van der Waals surface area contributed by atoms with Gasteiger partial charge in [-0.25, -0.2) is 9.78 Å². The summed E-state index contributed by atoms with van der Waals surface area (Å²) in [5, 5.41) is 7.12. The highest BCUT2D eigenvalue weighted by Gasteiger charge is 2.38. The van der Waals surface area contributed by atoms with Gasteiger partial charge in [0.25, 0.3) is 5.91 Å². The molecule has 1 amide bonds. The molecule has 5 rings (SSSR count). The summed E-state index contributed by atoms with van der Waals surface area (Å²) in [6, 6.07) is 9.93. The largest absolute Gasteiger partial charge is 0.496 e. The SMILES string of the molecule is COc1ccc(N2CCOCC2)c2c1CN(CCc1cn3ccccc3n1)C2=O.O=C(O)C(F)(F)F. The lowest BCUT2D eigenvalue weighted by atomic mass is 10.1. The molecule has 12 heteroatoms. The molecular formula is C24H25F3N4O5. The zero-order valence-corrected chi connectivity index (χ0v) is 19.5. The van der Waals surface area contributed by atoms with Crippen LogP contribution in [0.1, 0.15) is 21.6 Å². The number of morpholine rings is 1. The molecule has 0 radical (unpaired) electrons. The van der Waals surface area contributed by atoms with Crippen molar-refractivity contribution < 1.29 is 37.3 Å².